The zero-order valence-electron chi connectivity index (χ0n) is 11.0. The molecule has 1 saturated carbocycles. The Labute approximate surface area is 104 Å². The molecule has 0 spiro atoms. The molecule has 1 fully saturated rings. The van der Waals surface area contributed by atoms with Crippen LogP contribution in [-0.4, -0.2) is 6.61 Å². The van der Waals surface area contributed by atoms with Crippen molar-refractivity contribution in [3.8, 4) is 5.75 Å². The van der Waals surface area contributed by atoms with Gasteiger partial charge in [0.15, 0.2) is 0 Å². The fourth-order valence-corrected chi connectivity index (χ4v) is 2.27. The van der Waals surface area contributed by atoms with Crippen molar-refractivity contribution in [2.75, 3.05) is 6.61 Å². The van der Waals surface area contributed by atoms with Gasteiger partial charge in [0, 0.05) is 0 Å². The maximum absolute atomic E-state index is 5.89. The number of benzene rings is 1. The van der Waals surface area contributed by atoms with E-state index in [0.29, 0.717) is 5.92 Å². The maximum atomic E-state index is 5.89. The summed E-state index contributed by atoms with van der Waals surface area (Å²) >= 11 is 0. The SMILES string of the molecule is C=C1CCC(COc2ccc(C)c(C)c2)CC1. The molecular weight excluding hydrogens is 208 g/mol. The van der Waals surface area contributed by atoms with Crippen LogP contribution in [0.4, 0.5) is 0 Å². The number of aryl methyl sites for hydroxylation is 2. The molecule has 1 nitrogen and oxygen atoms in total. The summed E-state index contributed by atoms with van der Waals surface area (Å²) in [5.74, 6) is 1.72. The van der Waals surface area contributed by atoms with E-state index in [9.17, 15) is 0 Å². The van der Waals surface area contributed by atoms with E-state index in [1.165, 1.54) is 42.4 Å². The van der Waals surface area contributed by atoms with Crippen molar-refractivity contribution in [2.45, 2.75) is 39.5 Å². The van der Waals surface area contributed by atoms with E-state index < -0.39 is 0 Å². The molecule has 0 unspecified atom stereocenters. The van der Waals surface area contributed by atoms with Crippen molar-refractivity contribution in [1.29, 1.82) is 0 Å². The van der Waals surface area contributed by atoms with Gasteiger partial charge in [0.1, 0.15) is 5.75 Å². The van der Waals surface area contributed by atoms with Gasteiger partial charge in [-0.25, -0.2) is 0 Å². The van der Waals surface area contributed by atoms with Crippen molar-refractivity contribution in [3.63, 3.8) is 0 Å². The second-order valence-electron chi connectivity index (χ2n) is 5.25. The van der Waals surface area contributed by atoms with Gasteiger partial charge in [0.2, 0.25) is 0 Å². The highest BCUT2D eigenvalue weighted by Gasteiger charge is 2.16. The van der Waals surface area contributed by atoms with Gasteiger partial charge < -0.3 is 4.74 Å². The highest BCUT2D eigenvalue weighted by atomic mass is 16.5. The minimum Gasteiger partial charge on any atom is -0.493 e. The first-order valence-electron chi connectivity index (χ1n) is 6.52. The smallest absolute Gasteiger partial charge is 0.119 e. The first-order valence-corrected chi connectivity index (χ1v) is 6.52. The molecule has 1 aliphatic rings. The topological polar surface area (TPSA) is 9.23 Å². The summed E-state index contributed by atoms with van der Waals surface area (Å²) in [4.78, 5) is 0. The molecule has 1 aromatic carbocycles. The van der Waals surface area contributed by atoms with Gasteiger partial charge in [-0.1, -0.05) is 18.2 Å². The average Bonchev–Trinajstić information content (AvgIpc) is 2.33. The minimum atomic E-state index is 0.710. The van der Waals surface area contributed by atoms with Crippen LogP contribution in [0.2, 0.25) is 0 Å². The number of allylic oxidation sites excluding steroid dienone is 1. The molecule has 17 heavy (non-hydrogen) atoms. The number of hydrogen-bond acceptors (Lipinski definition) is 1. The molecule has 0 N–H and O–H groups in total. The van der Waals surface area contributed by atoms with E-state index in [1.807, 2.05) is 0 Å². The molecule has 0 atom stereocenters. The Morgan fingerprint density at radius 3 is 2.53 bits per heavy atom. The second-order valence-corrected chi connectivity index (χ2v) is 5.25. The molecule has 0 bridgehead atoms. The van der Waals surface area contributed by atoms with Crippen molar-refractivity contribution >= 4 is 0 Å². The Hall–Kier alpha value is -1.24. The zero-order valence-corrected chi connectivity index (χ0v) is 11.0. The molecule has 0 saturated heterocycles. The maximum Gasteiger partial charge on any atom is 0.119 e. The summed E-state index contributed by atoms with van der Waals surface area (Å²) in [5, 5.41) is 0. The van der Waals surface area contributed by atoms with E-state index >= 15 is 0 Å². The van der Waals surface area contributed by atoms with Crippen molar-refractivity contribution < 1.29 is 4.74 Å². The molecule has 1 aliphatic carbocycles. The Bertz CT molecular complexity index is 396. The summed E-state index contributed by atoms with van der Waals surface area (Å²) in [5.41, 5.74) is 4.04. The van der Waals surface area contributed by atoms with Gasteiger partial charge in [-0.2, -0.15) is 0 Å². The minimum absolute atomic E-state index is 0.710. The third-order valence-electron chi connectivity index (χ3n) is 3.78. The van der Waals surface area contributed by atoms with Crippen LogP contribution in [0.25, 0.3) is 0 Å². The van der Waals surface area contributed by atoms with Crippen LogP contribution in [0.5, 0.6) is 5.75 Å². The van der Waals surface area contributed by atoms with Crippen LogP contribution in [-0.2, 0) is 0 Å². The molecule has 0 radical (unpaired) electrons. The third kappa shape index (κ3) is 3.36. The normalized spacial score (nSPS) is 17.2. The Kier molecular flexibility index (Phi) is 3.88. The molecule has 0 heterocycles. The largest absolute Gasteiger partial charge is 0.493 e. The molecule has 2 rings (SSSR count). The van der Waals surface area contributed by atoms with Gasteiger partial charge in [0.05, 0.1) is 6.61 Å². The lowest BCUT2D eigenvalue weighted by molar-refractivity contribution is 0.222. The Morgan fingerprint density at radius 1 is 1.18 bits per heavy atom. The first-order chi connectivity index (χ1) is 8.15. The van der Waals surface area contributed by atoms with E-state index in [4.69, 9.17) is 4.74 Å². The lowest BCUT2D eigenvalue weighted by Crippen LogP contribution is -2.16. The van der Waals surface area contributed by atoms with E-state index in [0.717, 1.165) is 12.4 Å². The summed E-state index contributed by atoms with van der Waals surface area (Å²) in [6.07, 6.45) is 4.84. The molecule has 1 aromatic rings. The number of hydrogen-bond donors (Lipinski definition) is 0. The molecule has 0 amide bonds. The van der Waals surface area contributed by atoms with Gasteiger partial charge >= 0.3 is 0 Å². The Morgan fingerprint density at radius 2 is 1.88 bits per heavy atom. The monoisotopic (exact) mass is 230 g/mol. The lowest BCUT2D eigenvalue weighted by atomic mass is 9.87. The summed E-state index contributed by atoms with van der Waals surface area (Å²) in [6, 6.07) is 6.34. The van der Waals surface area contributed by atoms with Gasteiger partial charge in [-0.3, -0.25) is 0 Å². The molecular formula is C16H22O. The quantitative estimate of drug-likeness (QED) is 0.698. The number of rotatable bonds is 3. The van der Waals surface area contributed by atoms with E-state index in [1.54, 1.807) is 0 Å². The van der Waals surface area contributed by atoms with Gasteiger partial charge in [0.25, 0.3) is 0 Å². The van der Waals surface area contributed by atoms with E-state index in [-0.39, 0.29) is 0 Å². The highest BCUT2D eigenvalue weighted by molar-refractivity contribution is 5.33. The lowest BCUT2D eigenvalue weighted by Gasteiger charge is -2.23. The van der Waals surface area contributed by atoms with Crippen LogP contribution in [0.3, 0.4) is 0 Å². The van der Waals surface area contributed by atoms with Crippen LogP contribution >= 0.6 is 0 Å². The zero-order chi connectivity index (χ0) is 12.3. The van der Waals surface area contributed by atoms with Crippen LogP contribution in [0.15, 0.2) is 30.4 Å². The third-order valence-corrected chi connectivity index (χ3v) is 3.78. The fourth-order valence-electron chi connectivity index (χ4n) is 2.27. The van der Waals surface area contributed by atoms with Gasteiger partial charge in [-0.05, 0) is 68.7 Å². The second kappa shape index (κ2) is 5.39. The van der Waals surface area contributed by atoms with E-state index in [2.05, 4.69) is 38.6 Å². The summed E-state index contributed by atoms with van der Waals surface area (Å²) in [6.45, 7) is 9.17. The standard InChI is InChI=1S/C16H22O/c1-12-4-7-15(8-5-12)11-17-16-9-6-13(2)14(3)10-16/h6,9-10,15H,1,4-5,7-8,11H2,2-3H3. The molecule has 0 aromatic heterocycles. The predicted octanol–water partition coefficient (Wildman–Crippen LogP) is 4.43. The van der Waals surface area contributed by atoms with Crippen molar-refractivity contribution in [1.82, 2.24) is 0 Å². The summed E-state index contributed by atoms with van der Waals surface area (Å²) in [7, 11) is 0. The highest BCUT2D eigenvalue weighted by Crippen LogP contribution is 2.27. The van der Waals surface area contributed by atoms with Crippen LogP contribution in [0.1, 0.15) is 36.8 Å². The Balaban J connectivity index is 1.85. The van der Waals surface area contributed by atoms with Gasteiger partial charge in [-0.15, -0.1) is 0 Å². The average molecular weight is 230 g/mol. The van der Waals surface area contributed by atoms with Crippen molar-refractivity contribution in [3.05, 3.63) is 41.5 Å². The molecule has 1 heteroatoms. The van der Waals surface area contributed by atoms with Crippen molar-refractivity contribution in [2.24, 2.45) is 5.92 Å². The van der Waals surface area contributed by atoms with Crippen LogP contribution < -0.4 is 4.74 Å². The number of ether oxygens (including phenoxy) is 1. The van der Waals surface area contributed by atoms with Crippen LogP contribution in [0, 0.1) is 19.8 Å². The fraction of sp³-hybridized carbons (Fsp3) is 0.500. The summed E-state index contributed by atoms with van der Waals surface area (Å²) < 4.78 is 5.89. The molecule has 0 aliphatic heterocycles. The first kappa shape index (κ1) is 12.2. The molecule has 92 valence electrons. The predicted molar refractivity (Wildman–Crippen MR) is 72.5 cm³/mol.